The number of aromatic nitrogens is 4. The fraction of sp³-hybridized carbons (Fsp3) is 0.111. The number of aromatic amines is 2. The minimum Gasteiger partial charge on any atom is -0.351 e. The van der Waals surface area contributed by atoms with Crippen LogP contribution in [0.3, 0.4) is 0 Å². The molecule has 3 aromatic rings. The van der Waals surface area contributed by atoms with E-state index in [0.717, 1.165) is 22.9 Å². The third-order valence-corrected chi connectivity index (χ3v) is 2.94. The van der Waals surface area contributed by atoms with Gasteiger partial charge in [-0.2, -0.15) is 5.10 Å². The maximum atomic E-state index is 4.26. The minimum atomic E-state index is 0.728. The first-order valence-electron chi connectivity index (χ1n) is 4.28. The summed E-state index contributed by atoms with van der Waals surface area (Å²) in [7, 11) is 0. The first-order valence-corrected chi connectivity index (χ1v) is 5.16. The fourth-order valence-electron chi connectivity index (χ4n) is 1.43. The molecule has 0 aromatic carbocycles. The van der Waals surface area contributed by atoms with Crippen molar-refractivity contribution in [2.24, 2.45) is 0 Å². The Hall–Kier alpha value is -1.62. The molecule has 0 radical (unpaired) electrons. The molecule has 0 atom stereocenters. The van der Waals surface area contributed by atoms with Crippen LogP contribution in [0.25, 0.3) is 21.7 Å². The molecule has 3 rings (SSSR count). The van der Waals surface area contributed by atoms with Crippen LogP contribution in [-0.2, 0) is 0 Å². The molecule has 0 fully saturated rings. The Morgan fingerprint density at radius 2 is 2.36 bits per heavy atom. The van der Waals surface area contributed by atoms with E-state index in [4.69, 9.17) is 0 Å². The fourth-order valence-corrected chi connectivity index (χ4v) is 2.21. The summed E-state index contributed by atoms with van der Waals surface area (Å²) >= 11 is 1.71. The Morgan fingerprint density at radius 1 is 1.43 bits per heavy atom. The largest absolute Gasteiger partial charge is 0.351 e. The summed E-state index contributed by atoms with van der Waals surface area (Å²) in [5.74, 6) is 1.56. The van der Waals surface area contributed by atoms with Crippen molar-refractivity contribution in [3.63, 3.8) is 0 Å². The van der Waals surface area contributed by atoms with Crippen molar-refractivity contribution in [2.75, 3.05) is 0 Å². The van der Waals surface area contributed by atoms with Crippen LogP contribution in [0.4, 0.5) is 0 Å². The number of aryl methyl sites for hydroxylation is 1. The lowest BCUT2D eigenvalue weighted by Crippen LogP contribution is -1.79. The van der Waals surface area contributed by atoms with Gasteiger partial charge in [-0.25, -0.2) is 4.98 Å². The molecule has 14 heavy (non-hydrogen) atoms. The highest BCUT2D eigenvalue weighted by atomic mass is 32.1. The van der Waals surface area contributed by atoms with Crippen molar-refractivity contribution in [3.05, 3.63) is 23.3 Å². The molecule has 0 saturated carbocycles. The molecule has 0 bridgehead atoms. The lowest BCUT2D eigenvalue weighted by Gasteiger charge is -1.85. The quantitative estimate of drug-likeness (QED) is 0.639. The maximum Gasteiger partial charge on any atom is 0.197 e. The van der Waals surface area contributed by atoms with E-state index in [1.54, 1.807) is 11.3 Å². The Labute approximate surface area is 84.0 Å². The van der Waals surface area contributed by atoms with Crippen LogP contribution in [0.15, 0.2) is 17.5 Å². The summed E-state index contributed by atoms with van der Waals surface area (Å²) in [4.78, 5) is 7.53. The molecular weight excluding hydrogens is 196 g/mol. The zero-order chi connectivity index (χ0) is 9.54. The number of thiophene rings is 1. The van der Waals surface area contributed by atoms with E-state index < -0.39 is 0 Å². The van der Waals surface area contributed by atoms with Gasteiger partial charge in [0.25, 0.3) is 0 Å². The monoisotopic (exact) mass is 204 g/mol. The van der Waals surface area contributed by atoms with E-state index in [-0.39, 0.29) is 0 Å². The van der Waals surface area contributed by atoms with Gasteiger partial charge in [0.15, 0.2) is 5.82 Å². The summed E-state index contributed by atoms with van der Waals surface area (Å²) in [6.45, 7) is 1.89. The van der Waals surface area contributed by atoms with Gasteiger partial charge in [0.05, 0.1) is 15.9 Å². The molecule has 0 spiro atoms. The van der Waals surface area contributed by atoms with Crippen molar-refractivity contribution < 1.29 is 0 Å². The van der Waals surface area contributed by atoms with Crippen LogP contribution < -0.4 is 0 Å². The highest BCUT2D eigenvalue weighted by Crippen LogP contribution is 2.25. The zero-order valence-corrected chi connectivity index (χ0v) is 8.35. The summed E-state index contributed by atoms with van der Waals surface area (Å²) < 4.78 is 1.24. The molecule has 5 heteroatoms. The van der Waals surface area contributed by atoms with E-state index in [0.29, 0.717) is 0 Å². The normalized spacial score (nSPS) is 11.2. The van der Waals surface area contributed by atoms with E-state index in [9.17, 15) is 0 Å². The van der Waals surface area contributed by atoms with Crippen molar-refractivity contribution in [3.8, 4) is 11.5 Å². The topological polar surface area (TPSA) is 57.4 Å². The van der Waals surface area contributed by atoms with Crippen molar-refractivity contribution in [1.29, 1.82) is 0 Å². The molecule has 0 unspecified atom stereocenters. The number of H-pyrrole nitrogens is 2. The predicted molar refractivity (Wildman–Crippen MR) is 56.3 cm³/mol. The maximum absolute atomic E-state index is 4.26. The third kappa shape index (κ3) is 1.06. The standard InChI is InChI=1S/C9H8N4S/c1-5-10-9(13-12-5)7-4-8-6(11-7)2-3-14-8/h2-4,11H,1H3,(H,10,12,13). The molecular formula is C9H8N4S. The third-order valence-electron chi connectivity index (χ3n) is 2.08. The van der Waals surface area contributed by atoms with Gasteiger partial charge in [-0.1, -0.05) is 0 Å². The van der Waals surface area contributed by atoms with Gasteiger partial charge in [-0.05, 0) is 24.4 Å². The second kappa shape index (κ2) is 2.68. The molecule has 0 amide bonds. The number of hydrogen-bond acceptors (Lipinski definition) is 3. The lowest BCUT2D eigenvalue weighted by atomic mass is 10.4. The second-order valence-corrected chi connectivity index (χ2v) is 4.07. The van der Waals surface area contributed by atoms with Gasteiger partial charge < -0.3 is 4.98 Å². The van der Waals surface area contributed by atoms with E-state index in [1.807, 2.05) is 6.92 Å². The summed E-state index contributed by atoms with van der Waals surface area (Å²) in [5.41, 5.74) is 2.11. The molecule has 0 aliphatic carbocycles. The summed E-state index contributed by atoms with van der Waals surface area (Å²) in [5, 5.41) is 8.99. The van der Waals surface area contributed by atoms with Crippen molar-refractivity contribution in [1.82, 2.24) is 20.2 Å². The van der Waals surface area contributed by atoms with Gasteiger partial charge >= 0.3 is 0 Å². The molecule has 4 nitrogen and oxygen atoms in total. The number of rotatable bonds is 1. The van der Waals surface area contributed by atoms with Gasteiger partial charge in [0, 0.05) is 0 Å². The Kier molecular flexibility index (Phi) is 1.49. The van der Waals surface area contributed by atoms with Crippen LogP contribution >= 0.6 is 11.3 Å². The van der Waals surface area contributed by atoms with Gasteiger partial charge in [0.1, 0.15) is 5.82 Å². The van der Waals surface area contributed by atoms with Crippen molar-refractivity contribution in [2.45, 2.75) is 6.92 Å². The van der Waals surface area contributed by atoms with Crippen LogP contribution in [0.1, 0.15) is 5.82 Å². The van der Waals surface area contributed by atoms with Crippen LogP contribution in [0.2, 0.25) is 0 Å². The van der Waals surface area contributed by atoms with Crippen LogP contribution in [0.5, 0.6) is 0 Å². The molecule has 0 aliphatic rings. The molecule has 3 aromatic heterocycles. The summed E-state index contributed by atoms with van der Waals surface area (Å²) in [6.07, 6.45) is 0. The molecule has 2 N–H and O–H groups in total. The number of nitrogens with one attached hydrogen (secondary N) is 2. The average molecular weight is 204 g/mol. The average Bonchev–Trinajstić information content (AvgIpc) is 2.75. The van der Waals surface area contributed by atoms with Crippen molar-refractivity contribution >= 4 is 21.6 Å². The van der Waals surface area contributed by atoms with E-state index in [2.05, 4.69) is 37.7 Å². The number of nitrogens with zero attached hydrogens (tertiary/aromatic N) is 2. The molecule has 3 heterocycles. The second-order valence-electron chi connectivity index (χ2n) is 3.13. The SMILES string of the molecule is Cc1nc(-c2cc3sccc3[nH]2)n[nH]1. The highest BCUT2D eigenvalue weighted by Gasteiger charge is 2.07. The smallest absolute Gasteiger partial charge is 0.197 e. The van der Waals surface area contributed by atoms with Gasteiger partial charge in [-0.3, -0.25) is 5.10 Å². The number of hydrogen-bond donors (Lipinski definition) is 2. The summed E-state index contributed by atoms with van der Waals surface area (Å²) in [6, 6.07) is 4.13. The van der Waals surface area contributed by atoms with E-state index in [1.165, 1.54) is 4.70 Å². The lowest BCUT2D eigenvalue weighted by molar-refractivity contribution is 1.04. The first-order chi connectivity index (χ1) is 6.83. The molecule has 0 saturated heterocycles. The Balaban J connectivity index is 2.18. The Morgan fingerprint density at radius 3 is 3.07 bits per heavy atom. The highest BCUT2D eigenvalue weighted by molar-refractivity contribution is 7.17. The van der Waals surface area contributed by atoms with Crippen LogP contribution in [0, 0.1) is 6.92 Å². The predicted octanol–water partition coefficient (Wildman–Crippen LogP) is 2.32. The van der Waals surface area contributed by atoms with Gasteiger partial charge in [-0.15, -0.1) is 11.3 Å². The van der Waals surface area contributed by atoms with E-state index >= 15 is 0 Å². The van der Waals surface area contributed by atoms with Gasteiger partial charge in [0.2, 0.25) is 0 Å². The minimum absolute atomic E-state index is 0.728. The molecule has 0 aliphatic heterocycles. The Bertz CT molecular complexity index is 546. The van der Waals surface area contributed by atoms with Crippen LogP contribution in [-0.4, -0.2) is 20.2 Å². The molecule has 70 valence electrons. The zero-order valence-electron chi connectivity index (χ0n) is 7.53. The number of fused-ring (bicyclic) bond motifs is 1. The first kappa shape index (κ1) is 7.75.